The number of ether oxygens (including phenoxy) is 2. The molecule has 5 nitrogen and oxygen atoms in total. The van der Waals surface area contributed by atoms with E-state index in [4.69, 9.17) is 13.9 Å². The first-order valence-corrected chi connectivity index (χ1v) is 7.30. The molecule has 3 rings (SSSR count). The van der Waals surface area contributed by atoms with Crippen LogP contribution in [0, 0.1) is 0 Å². The monoisotopic (exact) mass is 304 g/mol. The minimum absolute atomic E-state index is 0.0683. The highest BCUT2D eigenvalue weighted by Gasteiger charge is 2.47. The summed E-state index contributed by atoms with van der Waals surface area (Å²) >= 11 is 0. The van der Waals surface area contributed by atoms with E-state index in [1.807, 2.05) is 27.7 Å². The van der Waals surface area contributed by atoms with Crippen molar-refractivity contribution in [2.45, 2.75) is 51.6 Å². The maximum absolute atomic E-state index is 12.2. The molecule has 0 saturated carbocycles. The van der Waals surface area contributed by atoms with Crippen LogP contribution in [0.15, 0.2) is 33.5 Å². The number of benzene rings is 1. The van der Waals surface area contributed by atoms with E-state index < -0.39 is 17.0 Å². The first-order chi connectivity index (χ1) is 10.2. The third kappa shape index (κ3) is 2.74. The molecule has 2 aromatic rings. The van der Waals surface area contributed by atoms with Gasteiger partial charge in [0, 0.05) is 23.4 Å². The second-order valence-corrected chi connectivity index (χ2v) is 6.70. The molecule has 0 spiro atoms. The predicted molar refractivity (Wildman–Crippen MR) is 82.0 cm³/mol. The van der Waals surface area contributed by atoms with Gasteiger partial charge in [0.1, 0.15) is 11.3 Å². The molecule has 1 fully saturated rings. The molecule has 118 valence electrons. The number of phenolic OH excluding ortho intramolecular Hbond substituents is 1. The highest BCUT2D eigenvalue weighted by Crippen LogP contribution is 2.37. The maximum Gasteiger partial charge on any atom is 0.339 e. The van der Waals surface area contributed by atoms with Gasteiger partial charge in [-0.3, -0.25) is 0 Å². The Morgan fingerprint density at radius 2 is 1.91 bits per heavy atom. The number of phenols is 1. The third-order valence-corrected chi connectivity index (χ3v) is 3.91. The van der Waals surface area contributed by atoms with Gasteiger partial charge in [-0.1, -0.05) is 0 Å². The Labute approximate surface area is 128 Å². The van der Waals surface area contributed by atoms with Crippen molar-refractivity contribution in [3.63, 3.8) is 0 Å². The highest BCUT2D eigenvalue weighted by molar-refractivity contribution is 5.78. The molecule has 1 aliphatic rings. The second kappa shape index (κ2) is 4.83. The van der Waals surface area contributed by atoms with Crippen LogP contribution in [-0.2, 0) is 15.9 Å². The van der Waals surface area contributed by atoms with Gasteiger partial charge in [0.15, 0.2) is 5.79 Å². The van der Waals surface area contributed by atoms with Crippen LogP contribution in [0.3, 0.4) is 0 Å². The van der Waals surface area contributed by atoms with Crippen LogP contribution in [-0.4, -0.2) is 22.6 Å². The fourth-order valence-electron chi connectivity index (χ4n) is 2.98. The standard InChI is InChI=1S/C17H20O5/c1-16(2)14(21-17(3,4)22-16)8-11-7-10-5-6-12(18)9-13(10)20-15(11)19/h5-7,9,14,18H,8H2,1-4H3/t14-/m0/s1. The summed E-state index contributed by atoms with van der Waals surface area (Å²) in [5.74, 6) is -0.601. The second-order valence-electron chi connectivity index (χ2n) is 6.70. The van der Waals surface area contributed by atoms with Gasteiger partial charge in [0.05, 0.1) is 11.7 Å². The topological polar surface area (TPSA) is 68.9 Å². The van der Waals surface area contributed by atoms with E-state index in [1.165, 1.54) is 6.07 Å². The maximum atomic E-state index is 12.2. The Balaban J connectivity index is 1.96. The van der Waals surface area contributed by atoms with Gasteiger partial charge < -0.3 is 19.0 Å². The first-order valence-electron chi connectivity index (χ1n) is 7.30. The van der Waals surface area contributed by atoms with Crippen molar-refractivity contribution in [3.05, 3.63) is 40.2 Å². The number of aromatic hydroxyl groups is 1. The summed E-state index contributed by atoms with van der Waals surface area (Å²) in [6.45, 7) is 7.63. The smallest absolute Gasteiger partial charge is 0.339 e. The van der Waals surface area contributed by atoms with Gasteiger partial charge in [-0.2, -0.15) is 0 Å². The van der Waals surface area contributed by atoms with Crippen LogP contribution in [0.2, 0.25) is 0 Å². The minimum Gasteiger partial charge on any atom is -0.508 e. The molecule has 22 heavy (non-hydrogen) atoms. The molecule has 0 radical (unpaired) electrons. The van der Waals surface area contributed by atoms with E-state index in [1.54, 1.807) is 18.2 Å². The lowest BCUT2D eigenvalue weighted by Gasteiger charge is -2.23. The number of hydrogen-bond donors (Lipinski definition) is 1. The Morgan fingerprint density at radius 1 is 1.18 bits per heavy atom. The first kappa shape index (κ1) is 15.1. The summed E-state index contributed by atoms with van der Waals surface area (Å²) in [6, 6.07) is 6.50. The summed E-state index contributed by atoms with van der Waals surface area (Å²) in [5.41, 5.74) is 0.0107. The van der Waals surface area contributed by atoms with Gasteiger partial charge in [-0.05, 0) is 45.9 Å². The molecular formula is C17H20O5. The van der Waals surface area contributed by atoms with Gasteiger partial charge >= 0.3 is 5.63 Å². The highest BCUT2D eigenvalue weighted by atomic mass is 16.8. The summed E-state index contributed by atoms with van der Waals surface area (Å²) in [7, 11) is 0. The molecule has 1 aromatic heterocycles. The zero-order valence-corrected chi connectivity index (χ0v) is 13.2. The lowest BCUT2D eigenvalue weighted by Crippen LogP contribution is -2.35. The predicted octanol–water partition coefficient (Wildman–Crippen LogP) is 2.97. The molecule has 1 N–H and O–H groups in total. The zero-order valence-electron chi connectivity index (χ0n) is 13.2. The van der Waals surface area contributed by atoms with Gasteiger partial charge in [0.2, 0.25) is 0 Å². The lowest BCUT2D eigenvalue weighted by atomic mass is 9.95. The lowest BCUT2D eigenvalue weighted by molar-refractivity contribution is -0.157. The van der Waals surface area contributed by atoms with E-state index in [-0.39, 0.29) is 11.9 Å². The van der Waals surface area contributed by atoms with E-state index in [9.17, 15) is 9.90 Å². The third-order valence-electron chi connectivity index (χ3n) is 3.91. The Morgan fingerprint density at radius 3 is 2.55 bits per heavy atom. The Kier molecular flexibility index (Phi) is 3.30. The van der Waals surface area contributed by atoms with Crippen LogP contribution in [0.1, 0.15) is 33.3 Å². The van der Waals surface area contributed by atoms with Crippen molar-refractivity contribution < 1.29 is 19.0 Å². The normalized spacial score (nSPS) is 23.0. The van der Waals surface area contributed by atoms with Crippen molar-refractivity contribution in [2.24, 2.45) is 0 Å². The van der Waals surface area contributed by atoms with Crippen LogP contribution < -0.4 is 5.63 Å². The van der Waals surface area contributed by atoms with E-state index in [0.717, 1.165) is 5.39 Å². The summed E-state index contributed by atoms with van der Waals surface area (Å²) in [4.78, 5) is 12.2. The molecule has 0 bridgehead atoms. The van der Waals surface area contributed by atoms with Crippen molar-refractivity contribution in [1.29, 1.82) is 0 Å². The average molecular weight is 304 g/mol. The molecule has 0 aliphatic carbocycles. The van der Waals surface area contributed by atoms with Gasteiger partial charge in [-0.15, -0.1) is 0 Å². The van der Waals surface area contributed by atoms with Crippen LogP contribution >= 0.6 is 0 Å². The largest absolute Gasteiger partial charge is 0.508 e. The molecule has 5 heteroatoms. The fraction of sp³-hybridized carbons (Fsp3) is 0.471. The summed E-state index contributed by atoms with van der Waals surface area (Å²) < 4.78 is 17.1. The molecule has 1 saturated heterocycles. The molecule has 1 aromatic carbocycles. The number of fused-ring (bicyclic) bond motifs is 1. The molecule has 1 atom stereocenters. The quantitative estimate of drug-likeness (QED) is 0.864. The summed E-state index contributed by atoms with van der Waals surface area (Å²) in [6.07, 6.45) is 0.176. The molecule has 2 heterocycles. The SMILES string of the molecule is CC1(C)O[C@@H](Cc2cc3ccc(O)cc3oc2=O)C(C)(C)O1. The van der Waals surface area contributed by atoms with E-state index in [2.05, 4.69) is 0 Å². The number of hydrogen-bond acceptors (Lipinski definition) is 5. The molecular weight excluding hydrogens is 284 g/mol. The molecule has 0 amide bonds. The van der Waals surface area contributed by atoms with Crippen molar-refractivity contribution in [2.75, 3.05) is 0 Å². The van der Waals surface area contributed by atoms with Crippen molar-refractivity contribution >= 4 is 11.0 Å². The van der Waals surface area contributed by atoms with Crippen LogP contribution in [0.5, 0.6) is 5.75 Å². The summed E-state index contributed by atoms with van der Waals surface area (Å²) in [5, 5.41) is 10.2. The minimum atomic E-state index is -0.670. The van der Waals surface area contributed by atoms with Gasteiger partial charge in [-0.25, -0.2) is 4.79 Å². The Bertz CT molecular complexity index is 772. The van der Waals surface area contributed by atoms with Gasteiger partial charge in [0.25, 0.3) is 0 Å². The van der Waals surface area contributed by atoms with Crippen molar-refractivity contribution in [3.8, 4) is 5.75 Å². The number of rotatable bonds is 2. The zero-order chi connectivity index (χ0) is 16.1. The fourth-order valence-corrected chi connectivity index (χ4v) is 2.98. The molecule has 1 aliphatic heterocycles. The van der Waals surface area contributed by atoms with Crippen LogP contribution in [0.4, 0.5) is 0 Å². The van der Waals surface area contributed by atoms with Crippen molar-refractivity contribution in [1.82, 2.24) is 0 Å². The molecule has 0 unspecified atom stereocenters. The Hall–Kier alpha value is -1.85. The van der Waals surface area contributed by atoms with Crippen LogP contribution in [0.25, 0.3) is 11.0 Å². The van der Waals surface area contributed by atoms with E-state index in [0.29, 0.717) is 17.6 Å². The van der Waals surface area contributed by atoms with E-state index >= 15 is 0 Å². The average Bonchev–Trinajstić information content (AvgIpc) is 2.58.